The Balaban J connectivity index is 1.53. The van der Waals surface area contributed by atoms with Crippen molar-refractivity contribution in [3.63, 3.8) is 0 Å². The number of fused-ring (bicyclic) bond motifs is 1. The normalized spacial score (nSPS) is 14.2. The molecule has 2 aromatic heterocycles. The zero-order valence-corrected chi connectivity index (χ0v) is 14.7. The van der Waals surface area contributed by atoms with E-state index in [0.717, 1.165) is 36.1 Å². The van der Waals surface area contributed by atoms with Gasteiger partial charge in [0.05, 0.1) is 28.7 Å². The summed E-state index contributed by atoms with van der Waals surface area (Å²) in [4.78, 5) is 36.0. The van der Waals surface area contributed by atoms with Crippen molar-refractivity contribution in [3.05, 3.63) is 60.6 Å². The lowest BCUT2D eigenvalue weighted by Gasteiger charge is -2.34. The van der Waals surface area contributed by atoms with Gasteiger partial charge in [0, 0.05) is 44.0 Å². The molecule has 2 amide bonds. The van der Waals surface area contributed by atoms with E-state index in [4.69, 9.17) is 0 Å². The molecule has 0 saturated carbocycles. The monoisotopic (exact) mass is 361 g/mol. The van der Waals surface area contributed by atoms with Crippen LogP contribution in [0, 0.1) is 0 Å². The Labute approximate surface area is 156 Å². The first-order chi connectivity index (χ1) is 13.2. The zero-order valence-electron chi connectivity index (χ0n) is 14.7. The van der Waals surface area contributed by atoms with Gasteiger partial charge in [0.15, 0.2) is 0 Å². The molecule has 3 aromatic rings. The van der Waals surface area contributed by atoms with E-state index in [1.807, 2.05) is 36.4 Å². The van der Waals surface area contributed by atoms with E-state index in [1.54, 1.807) is 23.5 Å². The lowest BCUT2D eigenvalue weighted by molar-refractivity contribution is -0.118. The van der Waals surface area contributed by atoms with E-state index in [1.165, 1.54) is 0 Å². The molecule has 1 aromatic carbocycles. The summed E-state index contributed by atoms with van der Waals surface area (Å²) >= 11 is 0. The van der Waals surface area contributed by atoms with Crippen molar-refractivity contribution in [2.45, 2.75) is 0 Å². The SMILES string of the molecule is O=CN1CCN(c2cncc(C(=O)Nc3cccc4cccnc34)c2)CC1. The maximum absolute atomic E-state index is 12.7. The number of para-hydroxylation sites is 1. The molecule has 1 aliphatic rings. The van der Waals surface area contributed by atoms with Gasteiger partial charge in [-0.2, -0.15) is 0 Å². The molecule has 0 atom stereocenters. The largest absolute Gasteiger partial charge is 0.367 e. The number of piperazine rings is 1. The van der Waals surface area contributed by atoms with E-state index < -0.39 is 0 Å². The molecule has 0 spiro atoms. The Bertz CT molecular complexity index is 978. The molecule has 0 aliphatic carbocycles. The molecule has 0 unspecified atom stereocenters. The van der Waals surface area contributed by atoms with Crippen LogP contribution in [0.4, 0.5) is 11.4 Å². The first-order valence-corrected chi connectivity index (χ1v) is 8.79. The van der Waals surface area contributed by atoms with Crippen LogP contribution in [0.2, 0.25) is 0 Å². The zero-order chi connectivity index (χ0) is 18.6. The summed E-state index contributed by atoms with van der Waals surface area (Å²) in [7, 11) is 0. The van der Waals surface area contributed by atoms with E-state index in [2.05, 4.69) is 20.2 Å². The van der Waals surface area contributed by atoms with E-state index in [9.17, 15) is 9.59 Å². The second-order valence-corrected chi connectivity index (χ2v) is 6.40. The number of hydrogen-bond acceptors (Lipinski definition) is 5. The van der Waals surface area contributed by atoms with Gasteiger partial charge in [-0.15, -0.1) is 0 Å². The lowest BCUT2D eigenvalue weighted by Crippen LogP contribution is -2.45. The highest BCUT2D eigenvalue weighted by atomic mass is 16.1. The summed E-state index contributed by atoms with van der Waals surface area (Å²) in [5, 5.41) is 3.90. The predicted octanol–water partition coefficient (Wildman–Crippen LogP) is 2.16. The maximum atomic E-state index is 12.7. The van der Waals surface area contributed by atoms with Crippen molar-refractivity contribution in [2.75, 3.05) is 36.4 Å². The number of pyridine rings is 2. The fourth-order valence-electron chi connectivity index (χ4n) is 3.21. The van der Waals surface area contributed by atoms with Gasteiger partial charge in [-0.25, -0.2) is 0 Å². The van der Waals surface area contributed by atoms with Crippen LogP contribution in [0.1, 0.15) is 10.4 Å². The molecule has 0 bridgehead atoms. The third kappa shape index (κ3) is 3.57. The number of carbonyl (C=O) groups is 2. The topological polar surface area (TPSA) is 78.4 Å². The van der Waals surface area contributed by atoms with Gasteiger partial charge in [-0.05, 0) is 18.2 Å². The van der Waals surface area contributed by atoms with Gasteiger partial charge in [0.25, 0.3) is 5.91 Å². The minimum absolute atomic E-state index is 0.228. The Morgan fingerprint density at radius 3 is 2.70 bits per heavy atom. The summed E-state index contributed by atoms with van der Waals surface area (Å²) in [5.41, 5.74) is 2.79. The van der Waals surface area contributed by atoms with Crippen molar-refractivity contribution in [1.82, 2.24) is 14.9 Å². The Kier molecular flexibility index (Phi) is 4.65. The molecule has 1 fully saturated rings. The lowest BCUT2D eigenvalue weighted by atomic mass is 10.1. The minimum Gasteiger partial charge on any atom is -0.367 e. The summed E-state index contributed by atoms with van der Waals surface area (Å²) < 4.78 is 0. The first-order valence-electron chi connectivity index (χ1n) is 8.79. The van der Waals surface area contributed by atoms with Gasteiger partial charge in [-0.3, -0.25) is 19.6 Å². The Morgan fingerprint density at radius 2 is 1.89 bits per heavy atom. The number of hydrogen-bond donors (Lipinski definition) is 1. The highest BCUT2D eigenvalue weighted by Gasteiger charge is 2.17. The van der Waals surface area contributed by atoms with Crippen molar-refractivity contribution in [1.29, 1.82) is 0 Å². The number of nitrogens with zero attached hydrogens (tertiary/aromatic N) is 4. The molecule has 7 nitrogen and oxygen atoms in total. The summed E-state index contributed by atoms with van der Waals surface area (Å²) in [6, 6.07) is 11.3. The molecular weight excluding hydrogens is 342 g/mol. The molecule has 0 radical (unpaired) electrons. The molecule has 1 saturated heterocycles. The number of nitrogens with one attached hydrogen (secondary N) is 1. The van der Waals surface area contributed by atoms with Gasteiger partial charge < -0.3 is 15.1 Å². The van der Waals surface area contributed by atoms with Crippen molar-refractivity contribution in [3.8, 4) is 0 Å². The highest BCUT2D eigenvalue weighted by molar-refractivity contribution is 6.08. The van der Waals surface area contributed by atoms with Gasteiger partial charge in [-0.1, -0.05) is 18.2 Å². The van der Waals surface area contributed by atoms with Gasteiger partial charge in [0.2, 0.25) is 6.41 Å². The molecule has 7 heteroatoms. The number of benzene rings is 1. The van der Waals surface area contributed by atoms with E-state index in [-0.39, 0.29) is 5.91 Å². The number of rotatable bonds is 4. The van der Waals surface area contributed by atoms with Crippen LogP contribution in [0.5, 0.6) is 0 Å². The van der Waals surface area contributed by atoms with Crippen LogP contribution in [-0.4, -0.2) is 53.4 Å². The molecule has 1 N–H and O–H groups in total. The number of aromatic nitrogens is 2. The molecule has 4 rings (SSSR count). The molecule has 27 heavy (non-hydrogen) atoms. The molecule has 3 heterocycles. The Hall–Kier alpha value is -3.48. The quantitative estimate of drug-likeness (QED) is 0.721. The van der Waals surface area contributed by atoms with Crippen LogP contribution in [-0.2, 0) is 4.79 Å². The predicted molar refractivity (Wildman–Crippen MR) is 104 cm³/mol. The highest BCUT2D eigenvalue weighted by Crippen LogP contribution is 2.22. The van der Waals surface area contributed by atoms with Crippen molar-refractivity contribution >= 4 is 34.6 Å². The van der Waals surface area contributed by atoms with Crippen molar-refractivity contribution < 1.29 is 9.59 Å². The molecule has 136 valence electrons. The summed E-state index contributed by atoms with van der Waals surface area (Å²) in [6.45, 7) is 2.78. The van der Waals surface area contributed by atoms with Crippen LogP contribution in [0.15, 0.2) is 55.0 Å². The molecular formula is C20H19N5O2. The second kappa shape index (κ2) is 7.41. The summed E-state index contributed by atoms with van der Waals surface area (Å²) in [5.74, 6) is -0.228. The Morgan fingerprint density at radius 1 is 1.07 bits per heavy atom. The van der Waals surface area contributed by atoms with Crippen LogP contribution >= 0.6 is 0 Å². The summed E-state index contributed by atoms with van der Waals surface area (Å²) in [6.07, 6.45) is 5.88. The van der Waals surface area contributed by atoms with E-state index >= 15 is 0 Å². The second-order valence-electron chi connectivity index (χ2n) is 6.40. The fraction of sp³-hybridized carbons (Fsp3) is 0.200. The standard InChI is InChI=1S/C20H19N5O2/c26-14-24-7-9-25(10-8-24)17-11-16(12-21-13-17)20(27)23-18-5-1-3-15-4-2-6-22-19(15)18/h1-6,11-14H,7-10H2,(H,23,27). The van der Waals surface area contributed by atoms with E-state index in [0.29, 0.717) is 24.3 Å². The van der Waals surface area contributed by atoms with Gasteiger partial charge >= 0.3 is 0 Å². The fourth-order valence-corrected chi connectivity index (χ4v) is 3.21. The average molecular weight is 361 g/mol. The first kappa shape index (κ1) is 17.0. The third-order valence-corrected chi connectivity index (χ3v) is 4.70. The molecule has 1 aliphatic heterocycles. The maximum Gasteiger partial charge on any atom is 0.257 e. The minimum atomic E-state index is -0.228. The number of carbonyl (C=O) groups excluding carboxylic acids is 2. The number of anilines is 2. The van der Waals surface area contributed by atoms with Crippen LogP contribution in [0.25, 0.3) is 10.9 Å². The van der Waals surface area contributed by atoms with Gasteiger partial charge in [0.1, 0.15) is 0 Å². The third-order valence-electron chi connectivity index (χ3n) is 4.70. The smallest absolute Gasteiger partial charge is 0.257 e. The van der Waals surface area contributed by atoms with Crippen molar-refractivity contribution in [2.24, 2.45) is 0 Å². The average Bonchev–Trinajstić information content (AvgIpc) is 2.74. The number of amides is 2. The van der Waals surface area contributed by atoms with Crippen LogP contribution < -0.4 is 10.2 Å². The van der Waals surface area contributed by atoms with Crippen LogP contribution in [0.3, 0.4) is 0 Å².